The highest BCUT2D eigenvalue weighted by atomic mass is 32.2. The molecule has 3 aromatic carbocycles. The Bertz CT molecular complexity index is 1320. The van der Waals surface area contributed by atoms with Crippen molar-refractivity contribution >= 4 is 33.3 Å². The van der Waals surface area contributed by atoms with Gasteiger partial charge in [0, 0.05) is 11.1 Å². The first kappa shape index (κ1) is 21.5. The second-order valence-corrected chi connectivity index (χ2v) is 8.81. The fourth-order valence-corrected chi connectivity index (χ4v) is 5.22. The number of fused-ring (bicyclic) bond motifs is 3. The van der Waals surface area contributed by atoms with Gasteiger partial charge in [0.1, 0.15) is 12.4 Å². The average Bonchev–Trinajstić information content (AvgIpc) is 2.77. The summed E-state index contributed by atoms with van der Waals surface area (Å²) in [7, 11) is -4.07. The molecule has 0 fully saturated rings. The summed E-state index contributed by atoms with van der Waals surface area (Å²) in [5.74, 6) is -1.80. The van der Waals surface area contributed by atoms with Gasteiger partial charge in [-0.2, -0.15) is 0 Å². The van der Waals surface area contributed by atoms with E-state index in [0.717, 1.165) is 10.4 Å². The number of hydrogen-bond acceptors (Lipinski definition) is 5. The van der Waals surface area contributed by atoms with E-state index in [-0.39, 0.29) is 28.4 Å². The van der Waals surface area contributed by atoms with Gasteiger partial charge in [0.05, 0.1) is 28.4 Å². The van der Waals surface area contributed by atoms with Gasteiger partial charge in [0.15, 0.2) is 0 Å². The summed E-state index contributed by atoms with van der Waals surface area (Å²) in [5.41, 5.74) is 1.28. The Kier molecular flexibility index (Phi) is 5.67. The summed E-state index contributed by atoms with van der Waals surface area (Å²) in [6, 6.07) is 16.2. The lowest BCUT2D eigenvalue weighted by molar-refractivity contribution is -0.114. The van der Waals surface area contributed by atoms with E-state index in [0.29, 0.717) is 11.1 Å². The molecule has 0 atom stereocenters. The lowest BCUT2D eigenvalue weighted by Gasteiger charge is -2.31. The predicted molar refractivity (Wildman–Crippen MR) is 117 cm³/mol. The Labute approximate surface area is 184 Å². The number of ether oxygens (including phenoxy) is 1. The van der Waals surface area contributed by atoms with Gasteiger partial charge < -0.3 is 10.1 Å². The summed E-state index contributed by atoms with van der Waals surface area (Å²) in [6.45, 7) is 1.27. The molecule has 32 heavy (non-hydrogen) atoms. The van der Waals surface area contributed by atoms with Crippen molar-refractivity contribution in [1.82, 2.24) is 0 Å². The highest BCUT2D eigenvalue weighted by molar-refractivity contribution is 7.93. The number of para-hydroxylation sites is 1. The number of esters is 1. The smallest absolute Gasteiger partial charge is 0.340 e. The molecule has 0 aliphatic carbocycles. The number of sulfonamides is 1. The predicted octanol–water partition coefficient (Wildman–Crippen LogP) is 3.82. The third kappa shape index (κ3) is 3.82. The van der Waals surface area contributed by atoms with Gasteiger partial charge in [-0.1, -0.05) is 30.3 Å². The number of hydrogen-bond donors (Lipinski definition) is 1. The minimum Gasteiger partial charge on any atom is -0.462 e. The normalized spacial score (nSPS) is 13.6. The lowest BCUT2D eigenvalue weighted by Crippen LogP contribution is -2.40. The maximum atomic E-state index is 14.0. The van der Waals surface area contributed by atoms with Gasteiger partial charge in [-0.25, -0.2) is 17.6 Å². The molecule has 1 heterocycles. The van der Waals surface area contributed by atoms with Crippen LogP contribution in [0, 0.1) is 5.82 Å². The molecule has 0 aromatic heterocycles. The molecule has 3 aromatic rings. The van der Waals surface area contributed by atoms with E-state index in [2.05, 4.69) is 5.32 Å². The molecular formula is C23H19FN2O5S. The van der Waals surface area contributed by atoms with E-state index in [4.69, 9.17) is 4.74 Å². The minimum atomic E-state index is -4.07. The number of amides is 1. The van der Waals surface area contributed by atoms with Crippen LogP contribution in [0.15, 0.2) is 71.6 Å². The average molecular weight is 454 g/mol. The van der Waals surface area contributed by atoms with E-state index in [9.17, 15) is 22.4 Å². The molecule has 164 valence electrons. The Hall–Kier alpha value is -3.72. The maximum Gasteiger partial charge on any atom is 0.340 e. The molecule has 0 unspecified atom stereocenters. The Morgan fingerprint density at radius 2 is 1.72 bits per heavy atom. The molecule has 1 aliphatic rings. The molecule has 1 N–H and O–H groups in total. The molecule has 7 nitrogen and oxygen atoms in total. The molecule has 1 aliphatic heterocycles. The topological polar surface area (TPSA) is 92.8 Å². The zero-order valence-corrected chi connectivity index (χ0v) is 17.9. The highest BCUT2D eigenvalue weighted by Crippen LogP contribution is 2.43. The first-order chi connectivity index (χ1) is 15.3. The van der Waals surface area contributed by atoms with Crippen LogP contribution >= 0.6 is 0 Å². The van der Waals surface area contributed by atoms with Crippen LogP contribution in [0.2, 0.25) is 0 Å². The number of carbonyl (C=O) groups is 2. The monoisotopic (exact) mass is 454 g/mol. The fourth-order valence-electron chi connectivity index (χ4n) is 3.57. The molecular weight excluding hydrogens is 435 g/mol. The summed E-state index contributed by atoms with van der Waals surface area (Å²) < 4.78 is 46.4. The van der Waals surface area contributed by atoms with Crippen molar-refractivity contribution in [3.05, 3.63) is 78.1 Å². The van der Waals surface area contributed by atoms with Crippen LogP contribution in [-0.4, -0.2) is 33.4 Å². The standard InChI is InChI=1S/C23H19FN2O5S/c1-2-31-23(28)17-8-3-5-9-19(17)25-22(27)14-26-20-12-11-15(24)13-18(20)16-7-4-6-10-21(16)32(26,29)30/h3-13H,2,14H2,1H3,(H,25,27). The maximum absolute atomic E-state index is 14.0. The van der Waals surface area contributed by atoms with Crippen LogP contribution in [0.3, 0.4) is 0 Å². The van der Waals surface area contributed by atoms with Crippen molar-refractivity contribution in [2.45, 2.75) is 11.8 Å². The van der Waals surface area contributed by atoms with Crippen LogP contribution in [0.1, 0.15) is 17.3 Å². The number of carbonyl (C=O) groups excluding carboxylic acids is 2. The number of nitrogens with one attached hydrogen (secondary N) is 1. The molecule has 0 bridgehead atoms. The minimum absolute atomic E-state index is 0.0159. The van der Waals surface area contributed by atoms with Crippen LogP contribution in [-0.2, 0) is 19.6 Å². The number of nitrogens with zero attached hydrogens (tertiary/aromatic N) is 1. The molecule has 0 saturated heterocycles. The summed E-state index contributed by atoms with van der Waals surface area (Å²) in [5, 5.41) is 2.58. The summed E-state index contributed by atoms with van der Waals surface area (Å²) in [6.07, 6.45) is 0. The highest BCUT2D eigenvalue weighted by Gasteiger charge is 2.36. The van der Waals surface area contributed by atoms with Crippen LogP contribution < -0.4 is 9.62 Å². The molecule has 9 heteroatoms. The second kappa shape index (κ2) is 8.43. The van der Waals surface area contributed by atoms with Gasteiger partial charge >= 0.3 is 5.97 Å². The van der Waals surface area contributed by atoms with Crippen molar-refractivity contribution < 1.29 is 27.1 Å². The van der Waals surface area contributed by atoms with Crippen LogP contribution in [0.25, 0.3) is 11.1 Å². The van der Waals surface area contributed by atoms with Gasteiger partial charge in [-0.3, -0.25) is 9.10 Å². The van der Waals surface area contributed by atoms with Crippen molar-refractivity contribution in [2.75, 3.05) is 22.8 Å². The van der Waals surface area contributed by atoms with Crippen molar-refractivity contribution in [3.8, 4) is 11.1 Å². The molecule has 0 radical (unpaired) electrons. The lowest BCUT2D eigenvalue weighted by atomic mass is 10.0. The van der Waals surface area contributed by atoms with Crippen molar-refractivity contribution in [2.24, 2.45) is 0 Å². The number of anilines is 2. The molecule has 0 saturated carbocycles. The second-order valence-electron chi connectivity index (χ2n) is 6.98. The number of halogens is 1. The largest absolute Gasteiger partial charge is 0.462 e. The van der Waals surface area contributed by atoms with Crippen LogP contribution in [0.5, 0.6) is 0 Å². The molecule has 1 amide bonds. The first-order valence-corrected chi connectivity index (χ1v) is 11.2. The quantitative estimate of drug-likeness (QED) is 0.592. The zero-order valence-electron chi connectivity index (χ0n) is 17.0. The van der Waals surface area contributed by atoms with Gasteiger partial charge in [0.2, 0.25) is 5.91 Å². The zero-order chi connectivity index (χ0) is 22.9. The molecule has 0 spiro atoms. The van der Waals surface area contributed by atoms with E-state index in [1.54, 1.807) is 37.3 Å². The van der Waals surface area contributed by atoms with E-state index in [1.165, 1.54) is 30.3 Å². The summed E-state index contributed by atoms with van der Waals surface area (Å²) >= 11 is 0. The Balaban J connectivity index is 1.69. The van der Waals surface area contributed by atoms with E-state index in [1.807, 2.05) is 0 Å². The van der Waals surface area contributed by atoms with Crippen molar-refractivity contribution in [1.29, 1.82) is 0 Å². The van der Waals surface area contributed by atoms with Gasteiger partial charge in [0.25, 0.3) is 10.0 Å². The van der Waals surface area contributed by atoms with Gasteiger partial charge in [-0.05, 0) is 43.3 Å². The van der Waals surface area contributed by atoms with Crippen molar-refractivity contribution in [3.63, 3.8) is 0 Å². The van der Waals surface area contributed by atoms with Crippen LogP contribution in [0.4, 0.5) is 15.8 Å². The summed E-state index contributed by atoms with van der Waals surface area (Å²) in [4.78, 5) is 25.0. The number of benzene rings is 3. The molecule has 4 rings (SSSR count). The third-order valence-electron chi connectivity index (χ3n) is 4.96. The van der Waals surface area contributed by atoms with E-state index < -0.39 is 34.3 Å². The van der Waals surface area contributed by atoms with Gasteiger partial charge in [-0.15, -0.1) is 0 Å². The first-order valence-electron chi connectivity index (χ1n) is 9.80. The fraction of sp³-hybridized carbons (Fsp3) is 0.130. The Morgan fingerprint density at radius 1 is 1.00 bits per heavy atom. The van der Waals surface area contributed by atoms with E-state index >= 15 is 0 Å². The third-order valence-corrected chi connectivity index (χ3v) is 6.77. The number of rotatable bonds is 5. The Morgan fingerprint density at radius 3 is 2.50 bits per heavy atom. The SMILES string of the molecule is CCOC(=O)c1ccccc1NC(=O)CN1c2ccc(F)cc2-c2ccccc2S1(=O)=O.